The molecule has 0 aromatic heterocycles. The van der Waals surface area contributed by atoms with E-state index in [1.807, 2.05) is 6.08 Å². The molecule has 4 N–H and O–H groups in total. The largest absolute Gasteiger partial charge is 0.478 e. The Balaban J connectivity index is 0.000000280. The fraction of sp³-hybridized carbons (Fsp3) is 0.273. The average Bonchev–Trinajstić information content (AvgIpc) is 3.62. The number of carbonyl (C=O) groups excluding carboxylic acids is 2. The number of hydrogen-bond acceptors (Lipinski definition) is 10. The number of carboxylic acids is 1. The van der Waals surface area contributed by atoms with Crippen molar-refractivity contribution in [3.63, 3.8) is 0 Å². The number of sulfonamides is 2. The molecule has 0 unspecified atom stereocenters. The van der Waals surface area contributed by atoms with Gasteiger partial charge in [-0.25, -0.2) is 35.0 Å². The van der Waals surface area contributed by atoms with Crippen LogP contribution in [0.3, 0.4) is 0 Å². The van der Waals surface area contributed by atoms with Gasteiger partial charge in [0.05, 0.1) is 20.2 Å². The molecule has 15 nitrogen and oxygen atoms in total. The first-order valence-electron chi connectivity index (χ1n) is 15.6. The maximum atomic E-state index is 12.4. The van der Waals surface area contributed by atoms with E-state index in [-0.39, 0.29) is 26.2 Å². The Hall–Kier alpha value is -4.46. The Kier molecular flexibility index (Phi) is 16.3. The second-order valence-electron chi connectivity index (χ2n) is 10.5. The van der Waals surface area contributed by atoms with Crippen LogP contribution in [0.2, 0.25) is 0 Å². The number of aliphatic imine (C=N–C) groups is 1. The van der Waals surface area contributed by atoms with Gasteiger partial charge in [-0.05, 0) is 72.8 Å². The third-order valence-electron chi connectivity index (χ3n) is 7.23. The van der Waals surface area contributed by atoms with Crippen LogP contribution in [0, 0.1) is 0 Å². The predicted octanol–water partition coefficient (Wildman–Crippen LogP) is 3.89. The SMILES string of the molecule is CCN(CC)S(=O)(=O)c1ccc(C(=O)NC2=NC=CC2)cc1.CCN(CC)S(=O)(=O)c1ccc(C(N)=O)cc1.O=C(O)c1ccc(S(=O)(=O)Cl)cc1. The van der Waals surface area contributed by atoms with Crippen molar-refractivity contribution in [3.8, 4) is 0 Å². The second kappa shape index (κ2) is 19.4. The molecule has 2 amide bonds. The van der Waals surface area contributed by atoms with Crippen LogP contribution in [0.15, 0.2) is 105 Å². The van der Waals surface area contributed by atoms with Crippen LogP contribution in [0.4, 0.5) is 0 Å². The molecule has 52 heavy (non-hydrogen) atoms. The minimum atomic E-state index is -3.77. The number of carbonyl (C=O) groups is 3. The summed E-state index contributed by atoms with van der Waals surface area (Å²) in [5.74, 6) is -1.39. The van der Waals surface area contributed by atoms with E-state index < -0.39 is 41.0 Å². The molecule has 19 heteroatoms. The number of amides is 2. The van der Waals surface area contributed by atoms with Gasteiger partial charge in [0.1, 0.15) is 5.84 Å². The predicted molar refractivity (Wildman–Crippen MR) is 197 cm³/mol. The van der Waals surface area contributed by atoms with Gasteiger partial charge in [-0.15, -0.1) is 0 Å². The summed E-state index contributed by atoms with van der Waals surface area (Å²) in [5.41, 5.74) is 5.80. The van der Waals surface area contributed by atoms with Gasteiger partial charge in [-0.2, -0.15) is 8.61 Å². The lowest BCUT2D eigenvalue weighted by atomic mass is 10.2. The van der Waals surface area contributed by atoms with E-state index in [4.69, 9.17) is 21.5 Å². The van der Waals surface area contributed by atoms with E-state index in [1.165, 1.54) is 69.3 Å². The lowest BCUT2D eigenvalue weighted by Crippen LogP contribution is -2.31. The Labute approximate surface area is 308 Å². The summed E-state index contributed by atoms with van der Waals surface area (Å²) in [6.45, 7) is 8.78. The summed E-state index contributed by atoms with van der Waals surface area (Å²) in [7, 11) is -5.71. The smallest absolute Gasteiger partial charge is 0.335 e. The third-order valence-corrected chi connectivity index (χ3v) is 12.7. The average molecular weight is 798 g/mol. The molecule has 282 valence electrons. The van der Waals surface area contributed by atoms with Gasteiger partial charge in [-0.1, -0.05) is 33.8 Å². The zero-order valence-electron chi connectivity index (χ0n) is 28.8. The van der Waals surface area contributed by atoms with Crippen molar-refractivity contribution in [1.82, 2.24) is 13.9 Å². The topological polar surface area (TPSA) is 231 Å². The van der Waals surface area contributed by atoms with Gasteiger partial charge in [0.15, 0.2) is 0 Å². The monoisotopic (exact) mass is 797 g/mol. The molecule has 1 heterocycles. The standard InChI is InChI=1S/C15H19N3O3S.C11H16N2O3S.C7H5ClO4S/c1-3-18(4-2)22(20,21)13-9-7-12(8-10-13)15(19)17-14-6-5-11-16-14;1-3-13(4-2)17(15,16)10-7-5-9(6-8-10)11(12)14;8-13(11,12)6-3-1-5(2-4-6)7(9)10/h5,7-11H,3-4,6H2,1-2H3,(H,16,17,19);5-8H,3-4H2,1-2H3,(H2,12,14);1-4H,(H,9,10). The van der Waals surface area contributed by atoms with E-state index in [9.17, 15) is 39.6 Å². The van der Waals surface area contributed by atoms with Crippen LogP contribution in [0.1, 0.15) is 65.2 Å². The van der Waals surface area contributed by atoms with Gasteiger partial charge in [0.25, 0.3) is 15.0 Å². The van der Waals surface area contributed by atoms with Gasteiger partial charge in [0.2, 0.25) is 26.0 Å². The molecule has 3 aromatic carbocycles. The van der Waals surface area contributed by atoms with Crippen molar-refractivity contribution in [2.75, 3.05) is 26.2 Å². The highest BCUT2D eigenvalue weighted by molar-refractivity contribution is 8.13. The number of primary amides is 1. The normalized spacial score (nSPS) is 12.6. The van der Waals surface area contributed by atoms with Crippen molar-refractivity contribution in [3.05, 3.63) is 102 Å². The minimum Gasteiger partial charge on any atom is -0.478 e. The van der Waals surface area contributed by atoms with E-state index in [2.05, 4.69) is 10.3 Å². The molecule has 0 aliphatic carbocycles. The fourth-order valence-electron chi connectivity index (χ4n) is 4.40. The highest BCUT2D eigenvalue weighted by Crippen LogP contribution is 2.18. The Morgan fingerprint density at radius 1 is 0.692 bits per heavy atom. The quantitative estimate of drug-likeness (QED) is 0.224. The zero-order valence-corrected chi connectivity index (χ0v) is 32.0. The van der Waals surface area contributed by atoms with Crippen LogP contribution >= 0.6 is 10.7 Å². The molecule has 1 aliphatic heterocycles. The molecule has 0 saturated carbocycles. The number of nitrogens with two attached hydrogens (primary N) is 1. The summed E-state index contributed by atoms with van der Waals surface area (Å²) in [4.78, 5) is 37.5. The summed E-state index contributed by atoms with van der Waals surface area (Å²) in [5, 5.41) is 11.2. The number of carboxylic acid groups (broad SMARTS) is 1. The molecule has 4 rings (SSSR count). The number of aromatic carboxylic acids is 1. The molecule has 0 fully saturated rings. The number of rotatable bonds is 12. The maximum absolute atomic E-state index is 12.4. The second-order valence-corrected chi connectivity index (χ2v) is 16.9. The van der Waals surface area contributed by atoms with E-state index >= 15 is 0 Å². The van der Waals surface area contributed by atoms with Crippen LogP contribution in [-0.4, -0.2) is 88.8 Å². The Morgan fingerprint density at radius 2 is 1.08 bits per heavy atom. The van der Waals surface area contributed by atoms with Crippen LogP contribution in [-0.2, 0) is 29.1 Å². The molecule has 3 aromatic rings. The van der Waals surface area contributed by atoms with Crippen molar-refractivity contribution in [2.45, 2.75) is 48.8 Å². The summed E-state index contributed by atoms with van der Waals surface area (Å²) < 4.78 is 73.1. The van der Waals surface area contributed by atoms with Crippen LogP contribution < -0.4 is 11.1 Å². The summed E-state index contributed by atoms with van der Waals surface area (Å²) in [6, 6.07) is 16.2. The fourth-order valence-corrected chi connectivity index (χ4v) is 8.09. The van der Waals surface area contributed by atoms with Crippen molar-refractivity contribution in [1.29, 1.82) is 0 Å². The van der Waals surface area contributed by atoms with Crippen molar-refractivity contribution in [2.24, 2.45) is 10.7 Å². The lowest BCUT2D eigenvalue weighted by molar-refractivity contribution is 0.0696. The van der Waals surface area contributed by atoms with E-state index in [0.29, 0.717) is 49.6 Å². The minimum absolute atomic E-state index is 0.0177. The number of benzene rings is 3. The Bertz CT molecular complexity index is 2100. The molecule has 1 aliphatic rings. The van der Waals surface area contributed by atoms with Gasteiger partial charge >= 0.3 is 5.97 Å². The van der Waals surface area contributed by atoms with Crippen molar-refractivity contribution >= 4 is 63.4 Å². The number of nitrogens with zero attached hydrogens (tertiary/aromatic N) is 3. The molecule has 0 bridgehead atoms. The number of nitrogens with one attached hydrogen (secondary N) is 1. The first-order valence-corrected chi connectivity index (χ1v) is 20.8. The number of halogens is 1. The highest BCUT2D eigenvalue weighted by Gasteiger charge is 2.23. The number of amidine groups is 1. The van der Waals surface area contributed by atoms with Crippen LogP contribution in [0.5, 0.6) is 0 Å². The van der Waals surface area contributed by atoms with Gasteiger partial charge < -0.3 is 16.2 Å². The lowest BCUT2D eigenvalue weighted by Gasteiger charge is -2.18. The maximum Gasteiger partial charge on any atom is 0.335 e. The third kappa shape index (κ3) is 12.1. The first kappa shape index (κ1) is 43.7. The molecule has 0 saturated heterocycles. The zero-order chi connectivity index (χ0) is 39.3. The molecule has 0 atom stereocenters. The van der Waals surface area contributed by atoms with Crippen LogP contribution in [0.25, 0.3) is 0 Å². The molecule has 0 radical (unpaired) electrons. The Morgan fingerprint density at radius 3 is 1.40 bits per heavy atom. The summed E-state index contributed by atoms with van der Waals surface area (Å²) >= 11 is 0. The van der Waals surface area contributed by atoms with Gasteiger partial charge in [-0.3, -0.25) is 9.59 Å². The summed E-state index contributed by atoms with van der Waals surface area (Å²) in [6.07, 6.45) is 4.07. The van der Waals surface area contributed by atoms with Gasteiger partial charge in [0, 0.05) is 60.6 Å². The molecular formula is C33H40ClN5O10S3. The number of hydrogen-bond donors (Lipinski definition) is 3. The highest BCUT2D eigenvalue weighted by atomic mass is 35.7. The van der Waals surface area contributed by atoms with E-state index in [0.717, 1.165) is 12.1 Å². The molecule has 0 spiro atoms. The van der Waals surface area contributed by atoms with E-state index in [1.54, 1.807) is 33.9 Å². The first-order chi connectivity index (χ1) is 24.3. The molecular weight excluding hydrogens is 758 g/mol. The van der Waals surface area contributed by atoms with Crippen molar-refractivity contribution < 1.29 is 44.7 Å².